The first-order valence-electron chi connectivity index (χ1n) is 12.7. The maximum atomic E-state index is 15.2. The molecule has 1 aliphatic heterocycles. The molecule has 2 unspecified atom stereocenters. The fraction of sp³-hybridized carbons (Fsp3) is 0.741. The van der Waals surface area contributed by atoms with E-state index in [4.69, 9.17) is 9.47 Å². The third-order valence-corrected chi connectivity index (χ3v) is 6.68. The quantitative estimate of drug-likeness (QED) is 0.183. The predicted molar refractivity (Wildman–Crippen MR) is 128 cm³/mol. The molecule has 1 saturated carbocycles. The van der Waals surface area contributed by atoms with Crippen LogP contribution >= 0.6 is 0 Å². The SMILES string of the molecule is C=C1C[C@H](O)[C@H](C/C=C/CCCC(=O)OC)[C@H]1/C=C/C(F)(F)C(CCCC)OC1CCCCO1. The summed E-state index contributed by atoms with van der Waals surface area (Å²) < 4.78 is 46.4. The highest BCUT2D eigenvalue weighted by Crippen LogP contribution is 2.40. The van der Waals surface area contributed by atoms with Gasteiger partial charge in [-0.1, -0.05) is 50.1 Å². The van der Waals surface area contributed by atoms with Gasteiger partial charge in [-0.2, -0.15) is 8.78 Å². The van der Waals surface area contributed by atoms with Gasteiger partial charge in [0.05, 0.1) is 13.2 Å². The van der Waals surface area contributed by atoms with E-state index in [2.05, 4.69) is 11.3 Å². The Balaban J connectivity index is 1.99. The maximum Gasteiger partial charge on any atom is 0.305 e. The number of halogens is 2. The first kappa shape index (κ1) is 28.7. The van der Waals surface area contributed by atoms with E-state index in [0.717, 1.165) is 37.3 Å². The van der Waals surface area contributed by atoms with Crippen molar-refractivity contribution in [1.29, 1.82) is 0 Å². The molecule has 1 heterocycles. The minimum atomic E-state index is -3.14. The number of hydrogen-bond donors (Lipinski definition) is 1. The number of esters is 1. The van der Waals surface area contributed by atoms with Crippen LogP contribution in [0.25, 0.3) is 0 Å². The molecule has 1 saturated heterocycles. The van der Waals surface area contributed by atoms with Gasteiger partial charge in [-0.25, -0.2) is 0 Å². The van der Waals surface area contributed by atoms with E-state index < -0.39 is 24.4 Å². The van der Waals surface area contributed by atoms with E-state index in [9.17, 15) is 9.90 Å². The molecule has 0 aromatic rings. The number of ether oxygens (including phenoxy) is 3. The van der Waals surface area contributed by atoms with Crippen molar-refractivity contribution in [3.05, 3.63) is 36.5 Å². The highest BCUT2D eigenvalue weighted by Gasteiger charge is 2.41. The summed E-state index contributed by atoms with van der Waals surface area (Å²) in [6.07, 6.45) is 10.9. The molecule has 2 aliphatic rings. The lowest BCUT2D eigenvalue weighted by Crippen LogP contribution is -2.39. The molecule has 0 bridgehead atoms. The highest BCUT2D eigenvalue weighted by molar-refractivity contribution is 5.69. The van der Waals surface area contributed by atoms with Gasteiger partial charge in [0.2, 0.25) is 0 Å². The Morgan fingerprint density at radius 1 is 1.32 bits per heavy atom. The third kappa shape index (κ3) is 9.23. The number of aliphatic hydroxyl groups excluding tert-OH is 1. The zero-order valence-electron chi connectivity index (χ0n) is 20.7. The van der Waals surface area contributed by atoms with Gasteiger partial charge < -0.3 is 19.3 Å². The Labute approximate surface area is 203 Å². The van der Waals surface area contributed by atoms with E-state index in [0.29, 0.717) is 45.1 Å². The van der Waals surface area contributed by atoms with Crippen molar-refractivity contribution >= 4 is 5.97 Å². The van der Waals surface area contributed by atoms with E-state index in [-0.39, 0.29) is 24.2 Å². The fourth-order valence-corrected chi connectivity index (χ4v) is 4.60. The molecule has 5 atom stereocenters. The van der Waals surface area contributed by atoms with Gasteiger partial charge in [0, 0.05) is 18.9 Å². The van der Waals surface area contributed by atoms with E-state index in [1.807, 2.05) is 19.1 Å². The summed E-state index contributed by atoms with van der Waals surface area (Å²) in [5.41, 5.74) is 0.769. The summed E-state index contributed by atoms with van der Waals surface area (Å²) in [4.78, 5) is 11.2. The summed E-state index contributed by atoms with van der Waals surface area (Å²) in [7, 11) is 1.37. The lowest BCUT2D eigenvalue weighted by Gasteiger charge is -2.31. The molecule has 0 aromatic carbocycles. The minimum Gasteiger partial charge on any atom is -0.469 e. The summed E-state index contributed by atoms with van der Waals surface area (Å²) in [5, 5.41) is 10.5. The van der Waals surface area contributed by atoms with Crippen LogP contribution in [-0.2, 0) is 19.0 Å². The summed E-state index contributed by atoms with van der Waals surface area (Å²) >= 11 is 0. The van der Waals surface area contributed by atoms with Gasteiger partial charge in [-0.3, -0.25) is 4.79 Å². The van der Waals surface area contributed by atoms with Crippen LogP contribution in [-0.4, -0.2) is 49.2 Å². The maximum absolute atomic E-state index is 15.2. The first-order valence-corrected chi connectivity index (χ1v) is 12.7. The lowest BCUT2D eigenvalue weighted by atomic mass is 9.88. The molecule has 0 radical (unpaired) electrons. The third-order valence-electron chi connectivity index (χ3n) is 6.68. The van der Waals surface area contributed by atoms with Crippen molar-refractivity contribution in [2.45, 2.75) is 102 Å². The molecular weight excluding hydrogens is 442 g/mol. The molecule has 5 nitrogen and oxygen atoms in total. The van der Waals surface area contributed by atoms with Gasteiger partial charge in [0.25, 0.3) is 5.92 Å². The fourth-order valence-electron chi connectivity index (χ4n) is 4.60. The smallest absolute Gasteiger partial charge is 0.305 e. The Hall–Kier alpha value is -1.57. The summed E-state index contributed by atoms with van der Waals surface area (Å²) in [6.45, 7) is 6.55. The van der Waals surface area contributed by atoms with Gasteiger partial charge in [-0.15, -0.1) is 0 Å². The molecule has 1 N–H and O–H groups in total. The van der Waals surface area contributed by atoms with Crippen LogP contribution < -0.4 is 0 Å². The first-order chi connectivity index (χ1) is 16.3. The molecule has 0 amide bonds. The number of carbonyl (C=O) groups is 1. The number of hydrogen-bond acceptors (Lipinski definition) is 5. The molecule has 34 heavy (non-hydrogen) atoms. The number of aliphatic hydroxyl groups is 1. The lowest BCUT2D eigenvalue weighted by molar-refractivity contribution is -0.229. The second-order valence-corrected chi connectivity index (χ2v) is 9.39. The van der Waals surface area contributed by atoms with Crippen LogP contribution in [0.15, 0.2) is 36.5 Å². The largest absolute Gasteiger partial charge is 0.469 e. The number of alkyl halides is 2. The van der Waals surface area contributed by atoms with E-state index >= 15 is 8.78 Å². The van der Waals surface area contributed by atoms with E-state index in [1.165, 1.54) is 13.2 Å². The highest BCUT2D eigenvalue weighted by atomic mass is 19.3. The Morgan fingerprint density at radius 2 is 2.12 bits per heavy atom. The van der Waals surface area contributed by atoms with Crippen molar-refractivity contribution in [2.24, 2.45) is 11.8 Å². The number of carbonyl (C=O) groups excluding carboxylic acids is 1. The van der Waals surface area contributed by atoms with Gasteiger partial charge in [0.1, 0.15) is 6.10 Å². The van der Waals surface area contributed by atoms with Crippen LogP contribution in [0.1, 0.15) is 77.6 Å². The Kier molecular flexibility index (Phi) is 12.4. The van der Waals surface area contributed by atoms with E-state index in [1.54, 1.807) is 0 Å². The van der Waals surface area contributed by atoms with Crippen molar-refractivity contribution in [3.63, 3.8) is 0 Å². The van der Waals surface area contributed by atoms with Crippen molar-refractivity contribution in [2.75, 3.05) is 13.7 Å². The molecule has 194 valence electrons. The standard InChI is InChI=1S/C27H42F2O5/c1-4-5-13-24(34-26-15-10-11-18-33-26)27(28,29)17-16-21-20(2)19-23(30)22(21)12-8-6-7-9-14-25(31)32-3/h6,8,16-17,21-24,26,30H,2,4-5,7,9-15,18-19H2,1,3H3/b8-6+,17-16+/t21-,22+,23-,24?,26?/m0/s1. The monoisotopic (exact) mass is 484 g/mol. The van der Waals surface area contributed by atoms with Crippen molar-refractivity contribution in [1.82, 2.24) is 0 Å². The predicted octanol–water partition coefficient (Wildman–Crippen LogP) is 6.12. The Bertz CT molecular complexity index is 685. The van der Waals surface area contributed by atoms with Crippen molar-refractivity contribution < 1.29 is 32.9 Å². The topological polar surface area (TPSA) is 65.0 Å². The molecule has 1 aliphatic carbocycles. The summed E-state index contributed by atoms with van der Waals surface area (Å²) in [6, 6.07) is 0. The molecule has 7 heteroatoms. The zero-order valence-corrected chi connectivity index (χ0v) is 20.7. The van der Waals surface area contributed by atoms with Gasteiger partial charge in [-0.05, 0) is 63.4 Å². The van der Waals surface area contributed by atoms with Crippen LogP contribution in [0.5, 0.6) is 0 Å². The Morgan fingerprint density at radius 3 is 2.79 bits per heavy atom. The zero-order chi connectivity index (χ0) is 25.0. The molecule has 0 spiro atoms. The average Bonchev–Trinajstić information content (AvgIpc) is 3.09. The number of allylic oxidation sites excluding steroid dienone is 3. The second kappa shape index (κ2) is 14.7. The minimum absolute atomic E-state index is 0.201. The second-order valence-electron chi connectivity index (χ2n) is 9.39. The molecule has 0 aromatic heterocycles. The van der Waals surface area contributed by atoms with Crippen LogP contribution in [0.2, 0.25) is 0 Å². The molecule has 2 rings (SSSR count). The van der Waals surface area contributed by atoms with Gasteiger partial charge in [0.15, 0.2) is 6.29 Å². The number of rotatable bonds is 14. The molecular formula is C27H42F2O5. The van der Waals surface area contributed by atoms with Crippen LogP contribution in [0, 0.1) is 11.8 Å². The van der Waals surface area contributed by atoms with Crippen LogP contribution in [0.4, 0.5) is 8.78 Å². The normalized spacial score (nSPS) is 27.0. The summed E-state index contributed by atoms with van der Waals surface area (Å²) in [5.74, 6) is -3.90. The molecule has 2 fully saturated rings. The van der Waals surface area contributed by atoms with Gasteiger partial charge >= 0.3 is 5.97 Å². The number of methoxy groups -OCH3 is 1. The average molecular weight is 485 g/mol. The van der Waals surface area contributed by atoms with Crippen molar-refractivity contribution in [3.8, 4) is 0 Å². The van der Waals surface area contributed by atoms with Crippen LogP contribution in [0.3, 0.4) is 0 Å². The number of unbranched alkanes of at least 4 members (excludes halogenated alkanes) is 2.